The summed E-state index contributed by atoms with van der Waals surface area (Å²) in [5.74, 6) is -0.716. The molecule has 13 nitrogen and oxygen atoms in total. The average molecular weight is 769 g/mol. The fourth-order valence-corrected chi connectivity index (χ4v) is 10.1. The van der Waals surface area contributed by atoms with E-state index in [1.54, 1.807) is 25.7 Å². The van der Waals surface area contributed by atoms with Crippen LogP contribution < -0.4 is 10.6 Å². The van der Waals surface area contributed by atoms with E-state index in [0.29, 0.717) is 35.3 Å². The van der Waals surface area contributed by atoms with Crippen molar-refractivity contribution in [3.05, 3.63) is 34.7 Å². The summed E-state index contributed by atoms with van der Waals surface area (Å²) in [6.45, 7) is 7.70. The molecule has 52 heavy (non-hydrogen) atoms. The van der Waals surface area contributed by atoms with Crippen molar-refractivity contribution in [3.63, 3.8) is 0 Å². The van der Waals surface area contributed by atoms with Gasteiger partial charge >= 0.3 is 19.4 Å². The number of halogens is 2. The van der Waals surface area contributed by atoms with Crippen LogP contribution in [-0.2, 0) is 33.6 Å². The van der Waals surface area contributed by atoms with E-state index in [1.807, 2.05) is 0 Å². The van der Waals surface area contributed by atoms with Gasteiger partial charge in [0.2, 0.25) is 11.8 Å². The lowest BCUT2D eigenvalue weighted by molar-refractivity contribution is -0.143. The fraction of sp³-hybridized carbons (Fsp3) is 0.657. The second kappa shape index (κ2) is 14.6. The SMILES string of the molecule is CCOP(=O)(OCC)C(F)(F)c1ccc2sc(C(=O)N[C@H]3C[C@@H]4C[C@@H]4C[C@H]4CC[C@@H](C(=O)N[C@H]5CN(C(=O)OC(C)(C)C)C[C@@H]5O)N4C3=O)cc2c1. The third-order valence-corrected chi connectivity index (χ3v) is 13.4. The average Bonchev–Trinajstić information content (AvgIpc) is 3.36. The lowest BCUT2D eigenvalue weighted by Gasteiger charge is -2.35. The molecule has 4 amide bonds. The van der Waals surface area contributed by atoms with E-state index in [-0.39, 0.29) is 49.0 Å². The number of likely N-dealkylation sites (tertiary alicyclic amines) is 1. The molecule has 1 saturated carbocycles. The Balaban J connectivity index is 1.16. The Morgan fingerprint density at radius 2 is 1.69 bits per heavy atom. The van der Waals surface area contributed by atoms with E-state index in [1.165, 1.54) is 30.9 Å². The second-order valence-electron chi connectivity index (χ2n) is 15.1. The molecular formula is C35H47F2N4O9PS. The van der Waals surface area contributed by atoms with Crippen LogP contribution in [0.3, 0.4) is 0 Å². The molecular weight excluding hydrogens is 721 g/mol. The molecule has 1 aliphatic carbocycles. The third-order valence-electron chi connectivity index (χ3n) is 10.1. The molecule has 3 N–H and O–H groups in total. The molecule has 0 unspecified atom stereocenters. The Morgan fingerprint density at radius 3 is 2.37 bits per heavy atom. The Bertz CT molecular complexity index is 1760. The van der Waals surface area contributed by atoms with Gasteiger partial charge < -0.3 is 39.3 Å². The molecule has 4 heterocycles. The molecule has 0 radical (unpaired) electrons. The maximum atomic E-state index is 15.5. The molecule has 0 spiro atoms. The minimum atomic E-state index is -4.84. The zero-order valence-corrected chi connectivity index (χ0v) is 31.6. The van der Waals surface area contributed by atoms with Gasteiger partial charge in [-0.1, -0.05) is 6.07 Å². The van der Waals surface area contributed by atoms with Gasteiger partial charge in [-0.3, -0.25) is 18.9 Å². The molecule has 4 fully saturated rings. The summed E-state index contributed by atoms with van der Waals surface area (Å²) < 4.78 is 59.7. The number of nitrogens with one attached hydrogen (secondary N) is 2. The summed E-state index contributed by atoms with van der Waals surface area (Å²) in [4.78, 5) is 57.3. The largest absolute Gasteiger partial charge is 0.444 e. The molecule has 6 rings (SSSR count). The zero-order chi connectivity index (χ0) is 37.7. The van der Waals surface area contributed by atoms with Crippen molar-refractivity contribution in [2.75, 3.05) is 26.3 Å². The number of aliphatic hydroxyl groups excluding tert-OH is 1. The lowest BCUT2D eigenvalue weighted by atomic mass is 9.99. The molecule has 1 aromatic carbocycles. The highest BCUT2D eigenvalue weighted by Gasteiger charge is 2.55. The van der Waals surface area contributed by atoms with Crippen LogP contribution in [0.4, 0.5) is 13.6 Å². The number of fused-ring (bicyclic) bond motifs is 3. The first kappa shape index (κ1) is 38.6. The Labute approximate surface area is 305 Å². The van der Waals surface area contributed by atoms with Crippen molar-refractivity contribution in [2.45, 2.75) is 108 Å². The van der Waals surface area contributed by atoms with Crippen molar-refractivity contribution in [1.82, 2.24) is 20.4 Å². The topological polar surface area (TPSA) is 164 Å². The number of hydrogen-bond donors (Lipinski definition) is 3. The minimum absolute atomic E-state index is 0.00418. The fourth-order valence-electron chi connectivity index (χ4n) is 7.60. The summed E-state index contributed by atoms with van der Waals surface area (Å²) in [7, 11) is -4.84. The maximum absolute atomic E-state index is 15.5. The van der Waals surface area contributed by atoms with Gasteiger partial charge in [0.05, 0.1) is 36.8 Å². The normalized spacial score (nSPS) is 27.8. The standard InChI is InChI=1S/C35H47F2N4O9PS/c1-6-48-51(47,49-7-2)35(36,37)22-8-11-28-21(13-22)16-29(52-28)31(44)38-24-15-20-12-19(20)14-23-9-10-26(41(23)32(24)45)30(43)39-25-17-40(18-27(25)42)33(46)50-34(3,4)5/h8,11,13,16,19-20,23-27,42H,6-7,9-10,12,14-15,17-18H2,1-5H3,(H,38,44)(H,39,43)/t19-,20+,23-,24+,25+,26+,27+/m1/s1. The highest BCUT2D eigenvalue weighted by atomic mass is 32.1. The molecule has 2 aromatic rings. The van der Waals surface area contributed by atoms with Crippen LogP contribution in [-0.4, -0.2) is 101 Å². The Kier molecular flexibility index (Phi) is 10.8. The molecule has 4 aliphatic rings. The highest BCUT2D eigenvalue weighted by molar-refractivity contribution is 7.54. The number of hydrogen-bond acceptors (Lipinski definition) is 10. The van der Waals surface area contributed by atoms with Crippen molar-refractivity contribution < 1.29 is 51.4 Å². The van der Waals surface area contributed by atoms with E-state index < -0.39 is 66.6 Å². The number of β-amino-alcohol motifs (C(OH)–C–C–N with tert-alkyl or cyclic N) is 1. The number of ether oxygens (including phenoxy) is 1. The number of carbonyl (C=O) groups excluding carboxylic acids is 4. The zero-order valence-electron chi connectivity index (χ0n) is 29.9. The van der Waals surface area contributed by atoms with Gasteiger partial charge in [0.15, 0.2) is 0 Å². The smallest absolute Gasteiger partial charge is 0.410 e. The van der Waals surface area contributed by atoms with Crippen LogP contribution >= 0.6 is 18.9 Å². The number of amides is 4. The van der Waals surface area contributed by atoms with Gasteiger partial charge in [-0.25, -0.2) is 4.79 Å². The lowest BCUT2D eigenvalue weighted by Crippen LogP contribution is -2.58. The van der Waals surface area contributed by atoms with Gasteiger partial charge in [0, 0.05) is 22.8 Å². The second-order valence-corrected chi connectivity index (χ2v) is 18.2. The number of thiophene rings is 1. The van der Waals surface area contributed by atoms with Gasteiger partial charge in [0.25, 0.3) is 5.91 Å². The molecule has 286 valence electrons. The molecule has 0 bridgehead atoms. The number of aliphatic hydroxyl groups is 1. The summed E-state index contributed by atoms with van der Waals surface area (Å²) >= 11 is 1.07. The Hall–Kier alpha value is -3.17. The van der Waals surface area contributed by atoms with E-state index in [0.717, 1.165) is 36.3 Å². The molecule has 7 atom stereocenters. The van der Waals surface area contributed by atoms with Crippen LogP contribution in [0.2, 0.25) is 0 Å². The first-order valence-electron chi connectivity index (χ1n) is 17.8. The van der Waals surface area contributed by atoms with Crippen LogP contribution in [0.5, 0.6) is 0 Å². The van der Waals surface area contributed by atoms with E-state index >= 15 is 8.78 Å². The van der Waals surface area contributed by atoms with Crippen LogP contribution in [0.1, 0.15) is 82.0 Å². The molecule has 17 heteroatoms. The third kappa shape index (κ3) is 7.73. The van der Waals surface area contributed by atoms with Crippen molar-refractivity contribution >= 4 is 52.8 Å². The van der Waals surface area contributed by atoms with Crippen LogP contribution in [0.15, 0.2) is 24.3 Å². The van der Waals surface area contributed by atoms with E-state index in [9.17, 15) is 28.8 Å². The van der Waals surface area contributed by atoms with Crippen molar-refractivity contribution in [1.29, 1.82) is 0 Å². The molecule has 1 aromatic heterocycles. The summed E-state index contributed by atoms with van der Waals surface area (Å²) in [5.41, 5.74) is -5.23. The number of rotatable bonds is 10. The monoisotopic (exact) mass is 768 g/mol. The summed E-state index contributed by atoms with van der Waals surface area (Å²) in [6.07, 6.45) is 1.52. The van der Waals surface area contributed by atoms with Crippen LogP contribution in [0.25, 0.3) is 10.1 Å². The predicted octanol–water partition coefficient (Wildman–Crippen LogP) is 5.20. The number of carbonyl (C=O) groups is 4. The Morgan fingerprint density at radius 1 is 1.00 bits per heavy atom. The maximum Gasteiger partial charge on any atom is 0.410 e. The van der Waals surface area contributed by atoms with Gasteiger partial charge in [-0.2, -0.15) is 8.78 Å². The van der Waals surface area contributed by atoms with E-state index in [2.05, 4.69) is 10.6 Å². The molecule has 3 saturated heterocycles. The number of benzene rings is 1. The van der Waals surface area contributed by atoms with Crippen molar-refractivity contribution in [3.8, 4) is 0 Å². The number of alkyl halides is 2. The predicted molar refractivity (Wildman–Crippen MR) is 188 cm³/mol. The number of nitrogens with zero attached hydrogens (tertiary/aromatic N) is 2. The van der Waals surface area contributed by atoms with Gasteiger partial charge in [-0.05, 0) is 102 Å². The highest BCUT2D eigenvalue weighted by Crippen LogP contribution is 2.67. The van der Waals surface area contributed by atoms with Gasteiger partial charge in [0.1, 0.15) is 17.7 Å². The van der Waals surface area contributed by atoms with Crippen molar-refractivity contribution in [2.24, 2.45) is 11.8 Å². The van der Waals surface area contributed by atoms with Crippen LogP contribution in [0, 0.1) is 11.8 Å². The first-order chi connectivity index (χ1) is 24.4. The van der Waals surface area contributed by atoms with Gasteiger partial charge in [-0.15, -0.1) is 11.3 Å². The minimum Gasteiger partial charge on any atom is -0.444 e. The summed E-state index contributed by atoms with van der Waals surface area (Å²) in [6, 6.07) is 2.52. The quantitative estimate of drug-likeness (QED) is 0.276. The molecule has 3 aliphatic heterocycles. The summed E-state index contributed by atoms with van der Waals surface area (Å²) in [5, 5.41) is 16.8. The van der Waals surface area contributed by atoms with E-state index in [4.69, 9.17) is 13.8 Å². The first-order valence-corrected chi connectivity index (χ1v) is 20.2.